The molecule has 0 fully saturated rings. The number of anilines is 1. The highest BCUT2D eigenvalue weighted by atomic mass is 32.2. The average Bonchev–Trinajstić information content (AvgIpc) is 2.96. The van der Waals surface area contributed by atoms with Gasteiger partial charge in [0.05, 0.1) is 17.6 Å². The van der Waals surface area contributed by atoms with Gasteiger partial charge in [-0.15, -0.1) is 0 Å². The van der Waals surface area contributed by atoms with Crippen LogP contribution in [0.1, 0.15) is 42.2 Å². The molecule has 0 aliphatic carbocycles. The number of carbonyl (C=O) groups excluding carboxylic acids is 1. The van der Waals surface area contributed by atoms with E-state index in [0.29, 0.717) is 23.5 Å². The summed E-state index contributed by atoms with van der Waals surface area (Å²) in [5.74, 6) is 0.869. The molecule has 0 saturated heterocycles. The number of carboxylic acids is 1. The minimum Gasteiger partial charge on any atom is -0.478 e. The van der Waals surface area contributed by atoms with Gasteiger partial charge in [-0.1, -0.05) is 19.4 Å². The lowest BCUT2D eigenvalue weighted by Crippen LogP contribution is -2.12. The van der Waals surface area contributed by atoms with E-state index in [1.165, 1.54) is 19.0 Å². The van der Waals surface area contributed by atoms with E-state index in [0.717, 1.165) is 11.5 Å². The third-order valence-corrected chi connectivity index (χ3v) is 4.80. The fraction of sp³-hybridized carbons (Fsp3) is 0.389. The van der Waals surface area contributed by atoms with E-state index < -0.39 is 5.97 Å². The molecule has 0 unspecified atom stereocenters. The summed E-state index contributed by atoms with van der Waals surface area (Å²) in [5, 5.41) is 16.1. The number of rotatable bonds is 9. The fourth-order valence-electron chi connectivity index (χ4n) is 2.33. The Morgan fingerprint density at radius 1 is 1.32 bits per heavy atom. The second-order valence-electron chi connectivity index (χ2n) is 5.68. The summed E-state index contributed by atoms with van der Waals surface area (Å²) in [4.78, 5) is 23.2. The summed E-state index contributed by atoms with van der Waals surface area (Å²) in [6.07, 6.45) is 4.15. The lowest BCUT2D eigenvalue weighted by molar-refractivity contribution is -0.115. The van der Waals surface area contributed by atoms with Crippen LogP contribution in [0.15, 0.2) is 30.5 Å². The van der Waals surface area contributed by atoms with E-state index in [9.17, 15) is 9.59 Å². The largest absolute Gasteiger partial charge is 0.478 e. The van der Waals surface area contributed by atoms with Gasteiger partial charge in [0.15, 0.2) is 0 Å². The molecule has 7 heteroatoms. The molecule has 1 heterocycles. The quantitative estimate of drug-likeness (QED) is 0.665. The Bertz CT molecular complexity index is 743. The summed E-state index contributed by atoms with van der Waals surface area (Å²) in [7, 11) is 0. The third kappa shape index (κ3) is 5.35. The Hall–Kier alpha value is -2.28. The van der Waals surface area contributed by atoms with Crippen molar-refractivity contribution in [2.45, 2.75) is 33.1 Å². The molecule has 6 nitrogen and oxygen atoms in total. The van der Waals surface area contributed by atoms with E-state index in [2.05, 4.69) is 17.3 Å². The molecule has 0 bridgehead atoms. The van der Waals surface area contributed by atoms with Crippen LogP contribution < -0.4 is 5.32 Å². The number of nitrogens with one attached hydrogen (secondary N) is 1. The first-order chi connectivity index (χ1) is 12.0. The summed E-state index contributed by atoms with van der Waals surface area (Å²) < 4.78 is 1.56. The SMILES string of the molecule is CCCCSCCC(=O)Nc1cccc(-n2ncc(C(=O)O)c2C)c1. The molecule has 0 atom stereocenters. The lowest BCUT2D eigenvalue weighted by atomic mass is 10.2. The van der Waals surface area contributed by atoms with Crippen molar-refractivity contribution >= 4 is 29.3 Å². The zero-order valence-electron chi connectivity index (χ0n) is 14.5. The maximum absolute atomic E-state index is 12.0. The number of aromatic carboxylic acids is 1. The molecule has 0 aliphatic rings. The Morgan fingerprint density at radius 2 is 2.12 bits per heavy atom. The van der Waals surface area contributed by atoms with Crippen LogP contribution in [0.4, 0.5) is 5.69 Å². The molecular formula is C18H23N3O3S. The van der Waals surface area contributed by atoms with Gasteiger partial charge in [0.1, 0.15) is 5.56 Å². The van der Waals surface area contributed by atoms with E-state index >= 15 is 0 Å². The van der Waals surface area contributed by atoms with Crippen LogP contribution >= 0.6 is 11.8 Å². The number of unbranched alkanes of at least 4 members (excludes halogenated alkanes) is 1. The smallest absolute Gasteiger partial charge is 0.339 e. The van der Waals surface area contributed by atoms with Crippen LogP contribution in [-0.4, -0.2) is 38.3 Å². The van der Waals surface area contributed by atoms with Crippen molar-refractivity contribution < 1.29 is 14.7 Å². The molecular weight excluding hydrogens is 338 g/mol. The highest BCUT2D eigenvalue weighted by molar-refractivity contribution is 7.99. The molecule has 1 aromatic carbocycles. The summed E-state index contributed by atoms with van der Waals surface area (Å²) in [6, 6.07) is 7.22. The molecule has 0 saturated carbocycles. The van der Waals surface area contributed by atoms with Crippen molar-refractivity contribution in [3.63, 3.8) is 0 Å². The van der Waals surface area contributed by atoms with Crippen molar-refractivity contribution in [2.24, 2.45) is 0 Å². The number of thioether (sulfide) groups is 1. The highest BCUT2D eigenvalue weighted by Gasteiger charge is 2.14. The third-order valence-electron chi connectivity index (χ3n) is 3.73. The fourth-order valence-corrected chi connectivity index (χ4v) is 3.36. The van der Waals surface area contributed by atoms with Crippen molar-refractivity contribution in [1.29, 1.82) is 0 Å². The number of nitrogens with zero attached hydrogens (tertiary/aromatic N) is 2. The van der Waals surface area contributed by atoms with Gasteiger partial charge < -0.3 is 10.4 Å². The number of amides is 1. The van der Waals surface area contributed by atoms with Gasteiger partial charge in [-0.3, -0.25) is 4.79 Å². The number of hydrogen-bond donors (Lipinski definition) is 2. The number of carboxylic acid groups (broad SMARTS) is 1. The average molecular weight is 361 g/mol. The van der Waals surface area contributed by atoms with E-state index in [4.69, 9.17) is 5.11 Å². The number of hydrogen-bond acceptors (Lipinski definition) is 4. The van der Waals surface area contributed by atoms with Crippen molar-refractivity contribution in [1.82, 2.24) is 9.78 Å². The first-order valence-corrected chi connectivity index (χ1v) is 9.44. The first-order valence-electron chi connectivity index (χ1n) is 8.29. The van der Waals surface area contributed by atoms with Crippen LogP contribution in [0.5, 0.6) is 0 Å². The predicted octanol–water partition coefficient (Wildman–Crippen LogP) is 3.74. The monoisotopic (exact) mass is 361 g/mol. The summed E-state index contributed by atoms with van der Waals surface area (Å²) >= 11 is 1.79. The lowest BCUT2D eigenvalue weighted by Gasteiger charge is -2.09. The van der Waals surface area contributed by atoms with Gasteiger partial charge in [0.2, 0.25) is 5.91 Å². The second-order valence-corrected chi connectivity index (χ2v) is 6.90. The molecule has 25 heavy (non-hydrogen) atoms. The Morgan fingerprint density at radius 3 is 2.80 bits per heavy atom. The maximum Gasteiger partial charge on any atom is 0.339 e. The molecule has 1 aromatic heterocycles. The van der Waals surface area contributed by atoms with E-state index in [1.807, 2.05) is 18.2 Å². The van der Waals surface area contributed by atoms with Crippen LogP contribution in [-0.2, 0) is 4.79 Å². The molecule has 0 radical (unpaired) electrons. The van der Waals surface area contributed by atoms with Crippen LogP contribution in [0.2, 0.25) is 0 Å². The van der Waals surface area contributed by atoms with Crippen LogP contribution in [0, 0.1) is 6.92 Å². The van der Waals surface area contributed by atoms with Gasteiger partial charge in [-0.25, -0.2) is 9.48 Å². The van der Waals surface area contributed by atoms with E-state index in [1.54, 1.807) is 29.4 Å². The van der Waals surface area contributed by atoms with Crippen molar-refractivity contribution in [3.05, 3.63) is 41.7 Å². The molecule has 134 valence electrons. The minimum atomic E-state index is -1.01. The predicted molar refractivity (Wildman–Crippen MR) is 101 cm³/mol. The number of benzene rings is 1. The van der Waals surface area contributed by atoms with Gasteiger partial charge >= 0.3 is 5.97 Å². The Balaban J connectivity index is 1.99. The summed E-state index contributed by atoms with van der Waals surface area (Å²) in [6.45, 7) is 3.86. The first kappa shape index (κ1) is 19.1. The minimum absolute atomic E-state index is 0.0236. The van der Waals surface area contributed by atoms with Gasteiger partial charge in [-0.05, 0) is 37.3 Å². The van der Waals surface area contributed by atoms with E-state index in [-0.39, 0.29) is 11.5 Å². The number of aromatic nitrogens is 2. The molecule has 0 aliphatic heterocycles. The van der Waals surface area contributed by atoms with Crippen LogP contribution in [0.3, 0.4) is 0 Å². The highest BCUT2D eigenvalue weighted by Crippen LogP contribution is 2.18. The Labute approximate surface area is 151 Å². The zero-order chi connectivity index (χ0) is 18.2. The standard InChI is InChI=1S/C18H23N3O3S/c1-3-4-9-25-10-8-17(22)20-14-6-5-7-15(11-14)21-13(2)16(12-19-21)18(23)24/h5-7,11-12H,3-4,8-10H2,1-2H3,(H,20,22)(H,23,24). The molecule has 0 spiro atoms. The molecule has 2 N–H and O–H groups in total. The topological polar surface area (TPSA) is 84.2 Å². The van der Waals surface area contributed by atoms with Crippen molar-refractivity contribution in [2.75, 3.05) is 16.8 Å². The van der Waals surface area contributed by atoms with Gasteiger partial charge in [0, 0.05) is 17.9 Å². The van der Waals surface area contributed by atoms with Gasteiger partial charge in [-0.2, -0.15) is 16.9 Å². The maximum atomic E-state index is 12.0. The van der Waals surface area contributed by atoms with Crippen molar-refractivity contribution in [3.8, 4) is 5.69 Å². The molecule has 2 aromatic rings. The molecule has 2 rings (SSSR count). The molecule has 1 amide bonds. The second kappa shape index (κ2) is 9.27. The number of carbonyl (C=O) groups is 2. The Kier molecular flexibility index (Phi) is 7.06. The zero-order valence-corrected chi connectivity index (χ0v) is 15.3. The normalized spacial score (nSPS) is 10.6. The van der Waals surface area contributed by atoms with Crippen LogP contribution in [0.25, 0.3) is 5.69 Å². The summed E-state index contributed by atoms with van der Waals surface area (Å²) in [5.41, 5.74) is 2.09. The van der Waals surface area contributed by atoms with Gasteiger partial charge in [0.25, 0.3) is 0 Å².